The van der Waals surface area contributed by atoms with Gasteiger partial charge in [-0.25, -0.2) is 4.79 Å². The summed E-state index contributed by atoms with van der Waals surface area (Å²) in [6.45, 7) is 2.40. The summed E-state index contributed by atoms with van der Waals surface area (Å²) in [6.07, 6.45) is 3.47. The number of nitrogens with one attached hydrogen (secondary N) is 2. The van der Waals surface area contributed by atoms with E-state index in [-0.39, 0.29) is 12.1 Å². The van der Waals surface area contributed by atoms with E-state index in [1.165, 1.54) is 0 Å². The van der Waals surface area contributed by atoms with Crippen molar-refractivity contribution >= 4 is 16.8 Å². The summed E-state index contributed by atoms with van der Waals surface area (Å²) in [6, 6.07) is 15.5. The SMILES string of the molecule is COc1ccc2cc(CNC(=O)NC(C)c3cccnc3)ccc2c1. The molecule has 3 rings (SSSR count). The number of fused-ring (bicyclic) bond motifs is 1. The molecule has 1 aromatic heterocycles. The molecule has 0 saturated carbocycles. The first-order valence-electron chi connectivity index (χ1n) is 8.16. The number of hydrogen-bond donors (Lipinski definition) is 2. The monoisotopic (exact) mass is 335 g/mol. The molecule has 128 valence electrons. The Morgan fingerprint density at radius 1 is 1.16 bits per heavy atom. The summed E-state index contributed by atoms with van der Waals surface area (Å²) in [5.41, 5.74) is 2.01. The number of urea groups is 1. The summed E-state index contributed by atoms with van der Waals surface area (Å²) < 4.78 is 5.24. The van der Waals surface area contributed by atoms with E-state index in [9.17, 15) is 4.79 Å². The highest BCUT2D eigenvalue weighted by atomic mass is 16.5. The van der Waals surface area contributed by atoms with Gasteiger partial charge in [-0.2, -0.15) is 0 Å². The molecule has 1 heterocycles. The minimum absolute atomic E-state index is 0.0993. The molecule has 0 bridgehead atoms. The molecule has 1 atom stereocenters. The quantitative estimate of drug-likeness (QED) is 0.745. The van der Waals surface area contributed by atoms with Gasteiger partial charge in [0.15, 0.2) is 0 Å². The van der Waals surface area contributed by atoms with Gasteiger partial charge in [0.1, 0.15) is 5.75 Å². The third kappa shape index (κ3) is 4.26. The van der Waals surface area contributed by atoms with Crippen LogP contribution in [0.2, 0.25) is 0 Å². The lowest BCUT2D eigenvalue weighted by Gasteiger charge is -2.15. The minimum atomic E-state index is -0.203. The van der Waals surface area contributed by atoms with Crippen molar-refractivity contribution in [2.45, 2.75) is 19.5 Å². The molecule has 2 amide bonds. The Morgan fingerprint density at radius 3 is 2.72 bits per heavy atom. The summed E-state index contributed by atoms with van der Waals surface area (Å²) >= 11 is 0. The molecule has 0 aliphatic heterocycles. The minimum Gasteiger partial charge on any atom is -0.497 e. The second-order valence-electron chi connectivity index (χ2n) is 5.88. The zero-order chi connectivity index (χ0) is 17.6. The summed E-state index contributed by atoms with van der Waals surface area (Å²) in [7, 11) is 1.66. The van der Waals surface area contributed by atoms with Gasteiger partial charge in [-0.1, -0.05) is 24.3 Å². The van der Waals surface area contributed by atoms with E-state index >= 15 is 0 Å². The molecule has 1 unspecified atom stereocenters. The van der Waals surface area contributed by atoms with Gasteiger partial charge in [-0.15, -0.1) is 0 Å². The Morgan fingerprint density at radius 2 is 1.96 bits per heavy atom. The van der Waals surface area contributed by atoms with Crippen LogP contribution < -0.4 is 15.4 Å². The maximum atomic E-state index is 12.1. The summed E-state index contributed by atoms with van der Waals surface area (Å²) in [5, 5.41) is 8.03. The number of carbonyl (C=O) groups excluding carboxylic acids is 1. The number of methoxy groups -OCH3 is 1. The molecular weight excluding hydrogens is 314 g/mol. The highest BCUT2D eigenvalue weighted by Crippen LogP contribution is 2.21. The van der Waals surface area contributed by atoms with Crippen molar-refractivity contribution < 1.29 is 9.53 Å². The van der Waals surface area contributed by atoms with Gasteiger partial charge >= 0.3 is 6.03 Å². The number of ether oxygens (including phenoxy) is 1. The van der Waals surface area contributed by atoms with E-state index < -0.39 is 0 Å². The van der Waals surface area contributed by atoms with E-state index in [0.29, 0.717) is 6.54 Å². The second kappa shape index (κ2) is 7.66. The number of pyridine rings is 1. The predicted molar refractivity (Wildman–Crippen MR) is 98.5 cm³/mol. The third-order valence-corrected chi connectivity index (χ3v) is 4.10. The van der Waals surface area contributed by atoms with Crippen LogP contribution in [0.5, 0.6) is 5.75 Å². The lowest BCUT2D eigenvalue weighted by Crippen LogP contribution is -2.36. The molecule has 0 radical (unpaired) electrons. The number of rotatable bonds is 5. The van der Waals surface area contributed by atoms with Crippen molar-refractivity contribution in [1.29, 1.82) is 0 Å². The number of nitrogens with zero attached hydrogens (tertiary/aromatic N) is 1. The van der Waals surface area contributed by atoms with Gasteiger partial charge in [-0.05, 0) is 53.1 Å². The standard InChI is InChI=1S/C20H21N3O2/c1-14(18-4-3-9-21-13-18)23-20(24)22-12-15-5-6-17-11-19(25-2)8-7-16(17)10-15/h3-11,13-14H,12H2,1-2H3,(H2,22,23,24). The number of hydrogen-bond acceptors (Lipinski definition) is 3. The van der Waals surface area contributed by atoms with Crippen LogP contribution in [0.15, 0.2) is 60.9 Å². The number of benzene rings is 2. The highest BCUT2D eigenvalue weighted by molar-refractivity contribution is 5.84. The lowest BCUT2D eigenvalue weighted by atomic mass is 10.1. The van der Waals surface area contributed by atoms with Crippen LogP contribution in [0.1, 0.15) is 24.1 Å². The Kier molecular flexibility index (Phi) is 5.14. The van der Waals surface area contributed by atoms with E-state index in [1.54, 1.807) is 19.5 Å². The second-order valence-corrected chi connectivity index (χ2v) is 5.88. The Balaban J connectivity index is 1.59. The number of aromatic nitrogens is 1. The Hall–Kier alpha value is -3.08. The zero-order valence-corrected chi connectivity index (χ0v) is 14.3. The maximum Gasteiger partial charge on any atom is 0.315 e. The fourth-order valence-corrected chi connectivity index (χ4v) is 2.66. The van der Waals surface area contributed by atoms with Gasteiger partial charge in [0, 0.05) is 18.9 Å². The first kappa shape index (κ1) is 16.8. The molecule has 5 heteroatoms. The smallest absolute Gasteiger partial charge is 0.315 e. The van der Waals surface area contributed by atoms with E-state index in [2.05, 4.69) is 21.7 Å². The summed E-state index contributed by atoms with van der Waals surface area (Å²) in [4.78, 5) is 16.2. The van der Waals surface area contributed by atoms with Crippen LogP contribution in [-0.4, -0.2) is 18.1 Å². The average Bonchev–Trinajstić information content (AvgIpc) is 2.66. The van der Waals surface area contributed by atoms with Crippen molar-refractivity contribution in [3.63, 3.8) is 0 Å². The molecule has 2 aromatic carbocycles. The highest BCUT2D eigenvalue weighted by Gasteiger charge is 2.09. The lowest BCUT2D eigenvalue weighted by molar-refractivity contribution is 0.237. The number of carbonyl (C=O) groups is 1. The largest absolute Gasteiger partial charge is 0.497 e. The molecule has 0 saturated heterocycles. The van der Waals surface area contributed by atoms with E-state index in [0.717, 1.165) is 27.6 Å². The molecule has 0 aliphatic carbocycles. The van der Waals surface area contributed by atoms with Crippen LogP contribution in [-0.2, 0) is 6.54 Å². The van der Waals surface area contributed by atoms with E-state index in [1.807, 2.05) is 49.4 Å². The first-order chi connectivity index (χ1) is 12.2. The van der Waals surface area contributed by atoms with Gasteiger partial charge in [0.25, 0.3) is 0 Å². The van der Waals surface area contributed by atoms with Crippen LogP contribution in [0, 0.1) is 0 Å². The van der Waals surface area contributed by atoms with Crippen LogP contribution in [0.4, 0.5) is 4.79 Å². The van der Waals surface area contributed by atoms with Crippen molar-refractivity contribution in [1.82, 2.24) is 15.6 Å². The van der Waals surface area contributed by atoms with Crippen LogP contribution >= 0.6 is 0 Å². The fourth-order valence-electron chi connectivity index (χ4n) is 2.66. The van der Waals surface area contributed by atoms with E-state index in [4.69, 9.17) is 4.74 Å². The first-order valence-corrected chi connectivity index (χ1v) is 8.16. The summed E-state index contributed by atoms with van der Waals surface area (Å²) in [5.74, 6) is 0.835. The number of amides is 2. The molecule has 25 heavy (non-hydrogen) atoms. The molecule has 2 N–H and O–H groups in total. The van der Waals surface area contributed by atoms with Crippen molar-refractivity contribution in [2.75, 3.05) is 7.11 Å². The van der Waals surface area contributed by atoms with Gasteiger partial charge in [0.2, 0.25) is 0 Å². The fraction of sp³-hybridized carbons (Fsp3) is 0.200. The van der Waals surface area contributed by atoms with Crippen LogP contribution in [0.3, 0.4) is 0 Å². The van der Waals surface area contributed by atoms with Crippen LogP contribution in [0.25, 0.3) is 10.8 Å². The van der Waals surface area contributed by atoms with Gasteiger partial charge < -0.3 is 15.4 Å². The molecule has 3 aromatic rings. The maximum absolute atomic E-state index is 12.1. The third-order valence-electron chi connectivity index (χ3n) is 4.10. The topological polar surface area (TPSA) is 63.2 Å². The molecule has 0 spiro atoms. The van der Waals surface area contributed by atoms with Crippen molar-refractivity contribution in [3.8, 4) is 5.75 Å². The average molecular weight is 335 g/mol. The van der Waals surface area contributed by atoms with Crippen molar-refractivity contribution in [2.24, 2.45) is 0 Å². The molecule has 0 fully saturated rings. The molecular formula is C20H21N3O2. The van der Waals surface area contributed by atoms with Crippen molar-refractivity contribution in [3.05, 3.63) is 72.1 Å². The zero-order valence-electron chi connectivity index (χ0n) is 14.3. The molecule has 5 nitrogen and oxygen atoms in total. The Labute approximate surface area is 147 Å². The van der Waals surface area contributed by atoms with Gasteiger partial charge in [-0.3, -0.25) is 4.98 Å². The predicted octanol–water partition coefficient (Wildman–Crippen LogP) is 3.80. The normalized spacial score (nSPS) is 11.8. The Bertz CT molecular complexity index is 865. The molecule has 0 aliphatic rings. The van der Waals surface area contributed by atoms with Gasteiger partial charge in [0.05, 0.1) is 13.2 Å².